The Morgan fingerprint density at radius 3 is 2.76 bits per heavy atom. The van der Waals surface area contributed by atoms with E-state index < -0.39 is 18.1 Å². The third-order valence-corrected chi connectivity index (χ3v) is 2.63. The SMILES string of the molecule is [C-]#[N+][C@H](C(=O)O)[C@@H](O)c1c[nH]c2ccccc12. The molecule has 1 aromatic carbocycles. The number of hydrogen-bond acceptors (Lipinski definition) is 2. The van der Waals surface area contributed by atoms with Crippen molar-refractivity contribution < 1.29 is 15.0 Å². The first-order chi connectivity index (χ1) is 8.15. The Morgan fingerprint density at radius 2 is 2.12 bits per heavy atom. The van der Waals surface area contributed by atoms with Gasteiger partial charge in [-0.1, -0.05) is 18.2 Å². The number of hydrogen-bond donors (Lipinski definition) is 3. The Bertz CT molecular complexity index is 597. The third kappa shape index (κ3) is 1.86. The van der Waals surface area contributed by atoms with Crippen LogP contribution >= 0.6 is 0 Å². The standard InChI is InChI=1S/C12H10N2O3/c1-13-10(12(16)17)11(15)8-6-14-9-5-3-2-4-7(8)9/h2-6,10-11,14-15H,(H,16,17)/t10-,11-/m0/s1. The van der Waals surface area contributed by atoms with E-state index >= 15 is 0 Å². The molecule has 0 fully saturated rings. The van der Waals surface area contributed by atoms with E-state index in [0.29, 0.717) is 5.56 Å². The van der Waals surface area contributed by atoms with Gasteiger partial charge in [0.1, 0.15) is 0 Å². The van der Waals surface area contributed by atoms with E-state index in [1.54, 1.807) is 12.1 Å². The predicted molar refractivity (Wildman–Crippen MR) is 61.3 cm³/mol. The van der Waals surface area contributed by atoms with Crippen LogP contribution in [-0.4, -0.2) is 27.2 Å². The van der Waals surface area contributed by atoms with Gasteiger partial charge in [-0.15, -0.1) is 0 Å². The van der Waals surface area contributed by atoms with Gasteiger partial charge in [0, 0.05) is 22.7 Å². The molecule has 0 spiro atoms. The summed E-state index contributed by atoms with van der Waals surface area (Å²) in [5, 5.41) is 19.5. The molecule has 0 amide bonds. The maximum Gasteiger partial charge on any atom is 0.391 e. The van der Waals surface area contributed by atoms with Crippen molar-refractivity contribution in [3.8, 4) is 0 Å². The van der Waals surface area contributed by atoms with E-state index in [9.17, 15) is 9.90 Å². The summed E-state index contributed by atoms with van der Waals surface area (Å²) in [5.41, 5.74) is 1.24. The highest BCUT2D eigenvalue weighted by Crippen LogP contribution is 2.27. The van der Waals surface area contributed by atoms with Crippen LogP contribution in [0.25, 0.3) is 15.7 Å². The zero-order chi connectivity index (χ0) is 12.4. The van der Waals surface area contributed by atoms with Gasteiger partial charge in [0.25, 0.3) is 0 Å². The summed E-state index contributed by atoms with van der Waals surface area (Å²) >= 11 is 0. The molecule has 2 rings (SSSR count). The Balaban J connectivity index is 2.47. The molecular weight excluding hydrogens is 220 g/mol. The average molecular weight is 230 g/mol. The molecule has 1 aromatic heterocycles. The molecule has 5 heteroatoms. The number of aliphatic carboxylic acids is 1. The Morgan fingerprint density at radius 1 is 1.41 bits per heavy atom. The summed E-state index contributed by atoms with van der Waals surface area (Å²) in [6.07, 6.45) is 0.206. The molecule has 0 unspecified atom stereocenters. The number of aliphatic hydroxyl groups is 1. The van der Waals surface area contributed by atoms with Crippen LogP contribution < -0.4 is 0 Å². The maximum atomic E-state index is 10.8. The highest BCUT2D eigenvalue weighted by atomic mass is 16.4. The second kappa shape index (κ2) is 4.28. The number of aromatic amines is 1. The number of carboxylic acids is 1. The molecule has 0 aliphatic rings. The number of aliphatic hydroxyl groups excluding tert-OH is 1. The van der Waals surface area contributed by atoms with Crippen molar-refractivity contribution in [2.75, 3.05) is 0 Å². The quantitative estimate of drug-likeness (QED) is 0.700. The minimum absolute atomic E-state index is 0.434. The lowest BCUT2D eigenvalue weighted by molar-refractivity contribution is -0.139. The van der Waals surface area contributed by atoms with Gasteiger partial charge in [-0.25, -0.2) is 11.4 Å². The van der Waals surface area contributed by atoms with Gasteiger partial charge < -0.3 is 15.2 Å². The van der Waals surface area contributed by atoms with E-state index in [-0.39, 0.29) is 0 Å². The van der Waals surface area contributed by atoms with Gasteiger partial charge in [-0.05, 0) is 6.07 Å². The van der Waals surface area contributed by atoms with Gasteiger partial charge in [0.05, 0.1) is 0 Å². The van der Waals surface area contributed by atoms with E-state index in [4.69, 9.17) is 11.7 Å². The molecule has 0 aliphatic carbocycles. The summed E-state index contributed by atoms with van der Waals surface area (Å²) in [4.78, 5) is 16.7. The van der Waals surface area contributed by atoms with Crippen molar-refractivity contribution in [2.24, 2.45) is 0 Å². The zero-order valence-corrected chi connectivity index (χ0v) is 8.79. The number of benzene rings is 1. The third-order valence-electron chi connectivity index (χ3n) is 2.63. The van der Waals surface area contributed by atoms with Crippen LogP contribution in [0.5, 0.6) is 0 Å². The number of para-hydroxylation sites is 1. The molecule has 2 atom stereocenters. The van der Waals surface area contributed by atoms with Crippen LogP contribution in [0.1, 0.15) is 11.7 Å². The smallest absolute Gasteiger partial charge is 0.391 e. The molecule has 5 nitrogen and oxygen atoms in total. The number of nitrogens with zero attached hydrogens (tertiary/aromatic N) is 1. The summed E-state index contributed by atoms with van der Waals surface area (Å²) in [6, 6.07) is 5.74. The van der Waals surface area contributed by atoms with Gasteiger partial charge in [-0.3, -0.25) is 4.85 Å². The Kier molecular flexibility index (Phi) is 2.81. The Hall–Kier alpha value is -2.32. The zero-order valence-electron chi connectivity index (χ0n) is 8.79. The molecule has 0 saturated carbocycles. The molecule has 1 heterocycles. The van der Waals surface area contributed by atoms with E-state index in [1.807, 2.05) is 12.1 Å². The molecule has 17 heavy (non-hydrogen) atoms. The van der Waals surface area contributed by atoms with Crippen LogP contribution in [0.4, 0.5) is 0 Å². The topological polar surface area (TPSA) is 77.7 Å². The molecular formula is C12H10N2O3. The maximum absolute atomic E-state index is 10.8. The number of carbonyl (C=O) groups is 1. The predicted octanol–water partition coefficient (Wildman–Crippen LogP) is 1.57. The fourth-order valence-corrected chi connectivity index (χ4v) is 1.77. The minimum atomic E-state index is -1.48. The highest BCUT2D eigenvalue weighted by molar-refractivity contribution is 5.85. The van der Waals surface area contributed by atoms with Crippen LogP contribution in [0, 0.1) is 6.57 Å². The van der Waals surface area contributed by atoms with E-state index in [0.717, 1.165) is 10.9 Å². The lowest BCUT2D eigenvalue weighted by Gasteiger charge is -2.08. The van der Waals surface area contributed by atoms with Crippen LogP contribution in [-0.2, 0) is 4.79 Å². The van der Waals surface area contributed by atoms with Gasteiger partial charge >= 0.3 is 12.0 Å². The number of aromatic nitrogens is 1. The van der Waals surface area contributed by atoms with Crippen molar-refractivity contribution in [1.82, 2.24) is 4.98 Å². The summed E-state index contributed by atoms with van der Waals surface area (Å²) in [7, 11) is 0. The monoisotopic (exact) mass is 230 g/mol. The molecule has 3 N–H and O–H groups in total. The molecule has 2 aromatic rings. The van der Waals surface area contributed by atoms with Crippen LogP contribution in [0.15, 0.2) is 30.5 Å². The lowest BCUT2D eigenvalue weighted by atomic mass is 10.0. The summed E-state index contributed by atoms with van der Waals surface area (Å²) in [5.74, 6) is -1.32. The minimum Gasteiger partial charge on any atom is -0.475 e. The molecule has 86 valence electrons. The van der Waals surface area contributed by atoms with Crippen molar-refractivity contribution in [3.63, 3.8) is 0 Å². The first-order valence-electron chi connectivity index (χ1n) is 4.98. The lowest BCUT2D eigenvalue weighted by Crippen LogP contribution is -2.24. The fraction of sp³-hybridized carbons (Fsp3) is 0.167. The molecule has 0 bridgehead atoms. The van der Waals surface area contributed by atoms with Crippen LogP contribution in [0.3, 0.4) is 0 Å². The normalized spacial score (nSPS) is 14.1. The fourth-order valence-electron chi connectivity index (χ4n) is 1.77. The second-order valence-corrected chi connectivity index (χ2v) is 3.65. The molecule has 0 aliphatic heterocycles. The number of rotatable bonds is 3. The van der Waals surface area contributed by atoms with Crippen molar-refractivity contribution >= 4 is 16.9 Å². The van der Waals surface area contributed by atoms with Crippen molar-refractivity contribution in [3.05, 3.63) is 47.4 Å². The largest absolute Gasteiger partial charge is 0.475 e. The molecule has 0 saturated heterocycles. The Labute approximate surface area is 97.1 Å². The van der Waals surface area contributed by atoms with Gasteiger partial charge in [0.2, 0.25) is 0 Å². The molecule has 0 radical (unpaired) electrons. The van der Waals surface area contributed by atoms with Crippen molar-refractivity contribution in [1.29, 1.82) is 0 Å². The first kappa shape index (κ1) is 11.2. The number of carboxylic acid groups (broad SMARTS) is 1. The number of fused-ring (bicyclic) bond motifs is 1. The van der Waals surface area contributed by atoms with E-state index in [2.05, 4.69) is 9.83 Å². The summed E-state index contributed by atoms with van der Waals surface area (Å²) < 4.78 is 0. The second-order valence-electron chi connectivity index (χ2n) is 3.65. The van der Waals surface area contributed by atoms with Crippen molar-refractivity contribution in [2.45, 2.75) is 12.1 Å². The summed E-state index contributed by atoms with van der Waals surface area (Å²) in [6.45, 7) is 6.81. The van der Waals surface area contributed by atoms with Gasteiger partial charge in [0.15, 0.2) is 6.10 Å². The van der Waals surface area contributed by atoms with Crippen LogP contribution in [0.2, 0.25) is 0 Å². The first-order valence-corrected chi connectivity index (χ1v) is 4.98. The highest BCUT2D eigenvalue weighted by Gasteiger charge is 2.34. The van der Waals surface area contributed by atoms with E-state index in [1.165, 1.54) is 6.20 Å². The average Bonchev–Trinajstić information content (AvgIpc) is 2.72. The number of nitrogens with one attached hydrogen (secondary N) is 1. The number of H-pyrrole nitrogens is 1. The van der Waals surface area contributed by atoms with Gasteiger partial charge in [-0.2, -0.15) is 0 Å².